The summed E-state index contributed by atoms with van der Waals surface area (Å²) in [6, 6.07) is 3.78. The van der Waals surface area contributed by atoms with E-state index in [1.54, 1.807) is 24.8 Å². The highest BCUT2D eigenvalue weighted by atomic mass is 19.1. The van der Waals surface area contributed by atoms with Crippen molar-refractivity contribution in [3.05, 3.63) is 41.2 Å². The SMILES string of the molecule is COCc1nc2n(n1)CCCC2NC(=O)Nc1cc(C)cc(F)c1. The molecule has 2 N–H and O–H groups in total. The van der Waals surface area contributed by atoms with Crippen molar-refractivity contribution in [3.8, 4) is 0 Å². The molecule has 1 unspecified atom stereocenters. The summed E-state index contributed by atoms with van der Waals surface area (Å²) in [6.45, 7) is 2.88. The van der Waals surface area contributed by atoms with E-state index in [1.165, 1.54) is 12.1 Å². The van der Waals surface area contributed by atoms with Gasteiger partial charge in [-0.3, -0.25) is 0 Å². The molecule has 1 aliphatic heterocycles. The van der Waals surface area contributed by atoms with Gasteiger partial charge in [-0.05, 0) is 43.5 Å². The molecule has 24 heavy (non-hydrogen) atoms. The highest BCUT2D eigenvalue weighted by Crippen LogP contribution is 2.23. The number of carbonyl (C=O) groups excluding carboxylic acids is 1. The van der Waals surface area contributed by atoms with Crippen LogP contribution >= 0.6 is 0 Å². The van der Waals surface area contributed by atoms with Crippen LogP contribution in [0.2, 0.25) is 0 Å². The summed E-state index contributed by atoms with van der Waals surface area (Å²) >= 11 is 0. The Labute approximate surface area is 139 Å². The summed E-state index contributed by atoms with van der Waals surface area (Å²) in [6.07, 6.45) is 1.67. The number of nitrogens with zero attached hydrogens (tertiary/aromatic N) is 3. The molecule has 0 saturated heterocycles. The number of methoxy groups -OCH3 is 1. The summed E-state index contributed by atoms with van der Waals surface area (Å²) in [5, 5.41) is 9.91. The fraction of sp³-hybridized carbons (Fsp3) is 0.438. The second kappa shape index (κ2) is 6.96. The average molecular weight is 333 g/mol. The molecule has 2 aromatic rings. The highest BCUT2D eigenvalue weighted by Gasteiger charge is 2.25. The molecule has 0 saturated carbocycles. The largest absolute Gasteiger partial charge is 0.377 e. The first-order valence-electron chi connectivity index (χ1n) is 7.82. The molecule has 0 spiro atoms. The number of aromatic nitrogens is 3. The molecule has 8 heteroatoms. The van der Waals surface area contributed by atoms with Crippen LogP contribution in [0, 0.1) is 12.7 Å². The van der Waals surface area contributed by atoms with Gasteiger partial charge < -0.3 is 15.4 Å². The zero-order valence-corrected chi connectivity index (χ0v) is 13.7. The summed E-state index contributed by atoms with van der Waals surface area (Å²) in [7, 11) is 1.59. The number of hydrogen-bond donors (Lipinski definition) is 2. The fourth-order valence-electron chi connectivity index (χ4n) is 2.86. The second-order valence-electron chi connectivity index (χ2n) is 5.85. The van der Waals surface area contributed by atoms with Crippen molar-refractivity contribution in [1.82, 2.24) is 20.1 Å². The van der Waals surface area contributed by atoms with Crippen LogP contribution in [-0.4, -0.2) is 27.9 Å². The zero-order chi connectivity index (χ0) is 17.1. The van der Waals surface area contributed by atoms with Gasteiger partial charge in [-0.2, -0.15) is 5.10 Å². The van der Waals surface area contributed by atoms with E-state index in [9.17, 15) is 9.18 Å². The number of anilines is 1. The molecule has 1 atom stereocenters. The van der Waals surface area contributed by atoms with E-state index in [0.29, 0.717) is 18.1 Å². The molecule has 0 radical (unpaired) electrons. The van der Waals surface area contributed by atoms with Gasteiger partial charge in [-0.1, -0.05) is 0 Å². The zero-order valence-electron chi connectivity index (χ0n) is 13.7. The number of aryl methyl sites for hydroxylation is 2. The fourth-order valence-corrected chi connectivity index (χ4v) is 2.86. The lowest BCUT2D eigenvalue weighted by Gasteiger charge is -2.23. The van der Waals surface area contributed by atoms with Crippen LogP contribution in [0.15, 0.2) is 18.2 Å². The van der Waals surface area contributed by atoms with Crippen molar-refractivity contribution in [1.29, 1.82) is 0 Å². The number of nitrogens with one attached hydrogen (secondary N) is 2. The lowest BCUT2D eigenvalue weighted by molar-refractivity contribution is 0.177. The first-order valence-corrected chi connectivity index (χ1v) is 7.82. The molecule has 1 aromatic carbocycles. The van der Waals surface area contributed by atoms with Gasteiger partial charge in [0.15, 0.2) is 5.82 Å². The van der Waals surface area contributed by atoms with Crippen molar-refractivity contribution < 1.29 is 13.9 Å². The Bertz CT molecular complexity index is 726. The highest BCUT2D eigenvalue weighted by molar-refractivity contribution is 5.89. The standard InChI is InChI=1S/C16H20FN5O2/c1-10-6-11(17)8-12(7-10)18-16(23)19-13-4-3-5-22-15(13)20-14(21-22)9-24-2/h6-8,13H,3-5,9H2,1-2H3,(H2,18,19,23). The van der Waals surface area contributed by atoms with Crippen molar-refractivity contribution >= 4 is 11.7 Å². The number of rotatable bonds is 4. The van der Waals surface area contributed by atoms with Gasteiger partial charge in [0.25, 0.3) is 0 Å². The number of urea groups is 1. The van der Waals surface area contributed by atoms with Gasteiger partial charge >= 0.3 is 6.03 Å². The van der Waals surface area contributed by atoms with Crippen molar-refractivity contribution in [2.45, 2.75) is 39.0 Å². The number of ether oxygens (including phenoxy) is 1. The molecule has 3 rings (SSSR count). The molecule has 0 fully saturated rings. The number of halogens is 1. The number of hydrogen-bond acceptors (Lipinski definition) is 4. The van der Waals surface area contributed by atoms with E-state index in [0.717, 1.165) is 30.8 Å². The van der Waals surface area contributed by atoms with Crippen LogP contribution in [0.25, 0.3) is 0 Å². The maximum absolute atomic E-state index is 13.4. The van der Waals surface area contributed by atoms with Crippen molar-refractivity contribution in [2.75, 3.05) is 12.4 Å². The Morgan fingerprint density at radius 1 is 1.46 bits per heavy atom. The van der Waals surface area contributed by atoms with E-state index in [1.807, 2.05) is 0 Å². The van der Waals surface area contributed by atoms with Crippen LogP contribution in [-0.2, 0) is 17.9 Å². The first-order chi connectivity index (χ1) is 11.5. The number of fused-ring (bicyclic) bond motifs is 1. The Balaban J connectivity index is 1.69. The van der Waals surface area contributed by atoms with E-state index in [-0.39, 0.29) is 11.9 Å². The Hall–Kier alpha value is -2.48. The quantitative estimate of drug-likeness (QED) is 0.901. The predicted octanol–water partition coefficient (Wildman–Crippen LogP) is 2.53. The molecule has 2 amide bonds. The third kappa shape index (κ3) is 3.70. The van der Waals surface area contributed by atoms with Gasteiger partial charge in [0.05, 0.1) is 6.04 Å². The molecule has 1 aliphatic rings. The van der Waals surface area contributed by atoms with Gasteiger partial charge in [0.1, 0.15) is 18.2 Å². The number of amides is 2. The molecule has 0 bridgehead atoms. The maximum Gasteiger partial charge on any atom is 0.319 e. The molecule has 128 valence electrons. The lowest BCUT2D eigenvalue weighted by Crippen LogP contribution is -2.36. The van der Waals surface area contributed by atoms with Crippen LogP contribution in [0.5, 0.6) is 0 Å². The third-order valence-corrected chi connectivity index (χ3v) is 3.80. The van der Waals surface area contributed by atoms with Gasteiger partial charge in [-0.25, -0.2) is 18.9 Å². The average Bonchev–Trinajstić information content (AvgIpc) is 2.90. The van der Waals surface area contributed by atoms with E-state index < -0.39 is 6.03 Å². The van der Waals surface area contributed by atoms with Gasteiger partial charge in [0.2, 0.25) is 0 Å². The number of benzene rings is 1. The van der Waals surface area contributed by atoms with Gasteiger partial charge in [-0.15, -0.1) is 0 Å². The summed E-state index contributed by atoms with van der Waals surface area (Å²) in [4.78, 5) is 16.7. The Morgan fingerprint density at radius 2 is 2.29 bits per heavy atom. The molecule has 0 aliphatic carbocycles. The molecular weight excluding hydrogens is 313 g/mol. The van der Waals surface area contributed by atoms with E-state index >= 15 is 0 Å². The van der Waals surface area contributed by atoms with Crippen LogP contribution in [0.3, 0.4) is 0 Å². The maximum atomic E-state index is 13.4. The Kier molecular flexibility index (Phi) is 4.75. The van der Waals surface area contributed by atoms with E-state index in [4.69, 9.17) is 4.74 Å². The topological polar surface area (TPSA) is 81.1 Å². The normalized spacial score (nSPS) is 16.5. The minimum atomic E-state index is -0.394. The molecule has 7 nitrogen and oxygen atoms in total. The van der Waals surface area contributed by atoms with Crippen LogP contribution < -0.4 is 10.6 Å². The number of carbonyl (C=O) groups is 1. The van der Waals surface area contributed by atoms with E-state index in [2.05, 4.69) is 20.7 Å². The minimum Gasteiger partial charge on any atom is -0.377 e. The minimum absolute atomic E-state index is 0.230. The predicted molar refractivity (Wildman–Crippen MR) is 86.0 cm³/mol. The van der Waals surface area contributed by atoms with Crippen molar-refractivity contribution in [3.63, 3.8) is 0 Å². The molecular formula is C16H20FN5O2. The summed E-state index contributed by atoms with van der Waals surface area (Å²) < 4.78 is 20.3. The molecule has 2 heterocycles. The Morgan fingerprint density at radius 3 is 3.04 bits per heavy atom. The van der Waals surface area contributed by atoms with Gasteiger partial charge in [0, 0.05) is 19.3 Å². The smallest absolute Gasteiger partial charge is 0.319 e. The second-order valence-corrected chi connectivity index (χ2v) is 5.85. The third-order valence-electron chi connectivity index (χ3n) is 3.80. The first kappa shape index (κ1) is 16.4. The summed E-state index contributed by atoms with van der Waals surface area (Å²) in [5.74, 6) is 0.938. The monoisotopic (exact) mass is 333 g/mol. The van der Waals surface area contributed by atoms with Crippen LogP contribution in [0.1, 0.15) is 36.1 Å². The summed E-state index contributed by atoms with van der Waals surface area (Å²) in [5.41, 5.74) is 1.16. The van der Waals surface area contributed by atoms with Crippen LogP contribution in [0.4, 0.5) is 14.9 Å². The lowest BCUT2D eigenvalue weighted by atomic mass is 10.1. The van der Waals surface area contributed by atoms with Crippen molar-refractivity contribution in [2.24, 2.45) is 0 Å². The molecule has 1 aromatic heterocycles.